The Balaban J connectivity index is 2.84. The molecule has 17 heavy (non-hydrogen) atoms. The van der Waals surface area contributed by atoms with Gasteiger partial charge in [-0.15, -0.1) is 0 Å². The minimum absolute atomic E-state index is 0.113. The first-order valence-electron chi connectivity index (χ1n) is 6.50. The Hall–Kier alpha value is -0.610. The van der Waals surface area contributed by atoms with Gasteiger partial charge in [-0.05, 0) is 19.3 Å². The van der Waals surface area contributed by atoms with Crippen LogP contribution in [0, 0.1) is 5.92 Å². The predicted molar refractivity (Wildman–Crippen MR) is 74.8 cm³/mol. The normalized spacial score (nSPS) is 12.8. The molecule has 3 nitrogen and oxygen atoms in total. The molecule has 1 aromatic heterocycles. The van der Waals surface area contributed by atoms with E-state index in [1.807, 2.05) is 0 Å². The molecule has 0 bridgehead atoms. The predicted octanol–water partition coefficient (Wildman–Crippen LogP) is 3.07. The van der Waals surface area contributed by atoms with E-state index in [1.165, 1.54) is 6.42 Å². The number of nitrogens with zero attached hydrogens (tertiary/aromatic N) is 2. The van der Waals surface area contributed by atoms with Crippen LogP contribution in [-0.4, -0.2) is 23.2 Å². The number of anilines is 1. The van der Waals surface area contributed by atoms with Crippen LogP contribution in [0.3, 0.4) is 0 Å². The van der Waals surface area contributed by atoms with Crippen LogP contribution in [0.5, 0.6) is 0 Å². The first-order valence-corrected chi connectivity index (χ1v) is 7.32. The molecule has 0 saturated carbocycles. The summed E-state index contributed by atoms with van der Waals surface area (Å²) in [6.45, 7) is 10.9. The van der Waals surface area contributed by atoms with Crippen molar-refractivity contribution in [3.8, 4) is 0 Å². The van der Waals surface area contributed by atoms with Gasteiger partial charge in [0.05, 0.1) is 17.2 Å². The average Bonchev–Trinajstić information content (AvgIpc) is 2.78. The largest absolute Gasteiger partial charge is 0.391 e. The van der Waals surface area contributed by atoms with Gasteiger partial charge in [-0.25, -0.2) is 4.98 Å². The Kier molecular flexibility index (Phi) is 5.92. The smallest absolute Gasteiger partial charge is 0.185 e. The summed E-state index contributed by atoms with van der Waals surface area (Å²) in [7, 11) is 0. The molecule has 0 fully saturated rings. The summed E-state index contributed by atoms with van der Waals surface area (Å²) in [4.78, 5) is 7.98. The molecule has 1 heterocycles. The molecule has 0 aromatic carbocycles. The minimum Gasteiger partial charge on any atom is -0.391 e. The molecule has 1 N–H and O–H groups in total. The number of aliphatic hydroxyl groups excluding tert-OH is 1. The summed E-state index contributed by atoms with van der Waals surface area (Å²) in [5, 5.41) is 10.4. The zero-order valence-corrected chi connectivity index (χ0v) is 12.2. The monoisotopic (exact) mass is 256 g/mol. The fourth-order valence-corrected chi connectivity index (χ4v) is 2.83. The highest BCUT2D eigenvalue weighted by atomic mass is 32.1. The first kappa shape index (κ1) is 14.5. The van der Waals surface area contributed by atoms with Crippen LogP contribution in [0.4, 0.5) is 5.13 Å². The number of rotatable bonds is 7. The average molecular weight is 256 g/mol. The quantitative estimate of drug-likeness (QED) is 0.814. The van der Waals surface area contributed by atoms with Gasteiger partial charge in [0.25, 0.3) is 0 Å². The second-order valence-electron chi connectivity index (χ2n) is 4.43. The number of aliphatic hydroxyl groups is 1. The SMILES string of the molecule is CCc1nc(N(CC)CC(C)CC)sc1CO. The third-order valence-electron chi connectivity index (χ3n) is 3.13. The molecule has 1 rings (SSSR count). The van der Waals surface area contributed by atoms with E-state index in [0.717, 1.165) is 35.2 Å². The molecule has 0 aliphatic heterocycles. The van der Waals surface area contributed by atoms with Gasteiger partial charge in [0, 0.05) is 13.1 Å². The van der Waals surface area contributed by atoms with Gasteiger partial charge < -0.3 is 10.0 Å². The van der Waals surface area contributed by atoms with Gasteiger partial charge in [-0.3, -0.25) is 0 Å². The van der Waals surface area contributed by atoms with Crippen molar-refractivity contribution >= 4 is 16.5 Å². The second-order valence-corrected chi connectivity index (χ2v) is 5.49. The summed E-state index contributed by atoms with van der Waals surface area (Å²) in [5.74, 6) is 0.682. The minimum atomic E-state index is 0.113. The zero-order valence-electron chi connectivity index (χ0n) is 11.4. The van der Waals surface area contributed by atoms with Crippen molar-refractivity contribution in [3.63, 3.8) is 0 Å². The molecule has 98 valence electrons. The van der Waals surface area contributed by atoms with Crippen LogP contribution in [0.1, 0.15) is 44.7 Å². The Morgan fingerprint density at radius 2 is 2.06 bits per heavy atom. The van der Waals surface area contributed by atoms with E-state index in [4.69, 9.17) is 0 Å². The lowest BCUT2D eigenvalue weighted by molar-refractivity contribution is 0.284. The van der Waals surface area contributed by atoms with E-state index in [9.17, 15) is 5.11 Å². The number of hydrogen-bond acceptors (Lipinski definition) is 4. The van der Waals surface area contributed by atoms with Crippen molar-refractivity contribution in [1.82, 2.24) is 4.98 Å². The van der Waals surface area contributed by atoms with Crippen LogP contribution in [-0.2, 0) is 13.0 Å². The molecule has 4 heteroatoms. The van der Waals surface area contributed by atoms with Crippen molar-refractivity contribution in [2.75, 3.05) is 18.0 Å². The van der Waals surface area contributed by atoms with Crippen LogP contribution < -0.4 is 4.90 Å². The summed E-state index contributed by atoms with van der Waals surface area (Å²) in [5.41, 5.74) is 1.05. The van der Waals surface area contributed by atoms with E-state index >= 15 is 0 Å². The molecule has 1 unspecified atom stereocenters. The molecule has 0 radical (unpaired) electrons. The molecular formula is C13H24N2OS. The Bertz CT molecular complexity index is 317. The molecule has 1 atom stereocenters. The van der Waals surface area contributed by atoms with Crippen LogP contribution in [0.15, 0.2) is 0 Å². The second kappa shape index (κ2) is 6.97. The van der Waals surface area contributed by atoms with Crippen LogP contribution in [0.2, 0.25) is 0 Å². The van der Waals surface area contributed by atoms with E-state index in [1.54, 1.807) is 11.3 Å². The highest BCUT2D eigenvalue weighted by Crippen LogP contribution is 2.27. The topological polar surface area (TPSA) is 36.4 Å². The van der Waals surface area contributed by atoms with Gasteiger partial charge >= 0.3 is 0 Å². The Morgan fingerprint density at radius 3 is 2.47 bits per heavy atom. The standard InChI is InChI=1S/C13H24N2OS/c1-5-10(4)8-15(7-3)13-14-11(6-2)12(9-16)17-13/h10,16H,5-9H2,1-4H3. The van der Waals surface area contributed by atoms with Crippen molar-refractivity contribution < 1.29 is 5.11 Å². The van der Waals surface area contributed by atoms with Crippen molar-refractivity contribution in [3.05, 3.63) is 10.6 Å². The maximum Gasteiger partial charge on any atom is 0.185 e. The first-order chi connectivity index (χ1) is 8.15. The third kappa shape index (κ3) is 3.68. The molecule has 0 aliphatic rings. The van der Waals surface area contributed by atoms with Crippen LogP contribution in [0.25, 0.3) is 0 Å². The molecule has 0 aliphatic carbocycles. The molecule has 1 aromatic rings. The van der Waals surface area contributed by atoms with E-state index in [-0.39, 0.29) is 6.61 Å². The lowest BCUT2D eigenvalue weighted by Gasteiger charge is -2.23. The maximum atomic E-state index is 9.30. The molecule has 0 saturated heterocycles. The number of aryl methyl sites for hydroxylation is 1. The van der Waals surface area contributed by atoms with Gasteiger partial charge in [-0.2, -0.15) is 0 Å². The van der Waals surface area contributed by atoms with Gasteiger partial charge in [0.15, 0.2) is 5.13 Å². The molecule has 0 spiro atoms. The fourth-order valence-electron chi connectivity index (χ4n) is 1.75. The number of aromatic nitrogens is 1. The highest BCUT2D eigenvalue weighted by Gasteiger charge is 2.15. The lowest BCUT2D eigenvalue weighted by atomic mass is 10.1. The van der Waals surface area contributed by atoms with Gasteiger partial charge in [0.1, 0.15) is 0 Å². The van der Waals surface area contributed by atoms with E-state index in [2.05, 4.69) is 37.6 Å². The van der Waals surface area contributed by atoms with E-state index < -0.39 is 0 Å². The zero-order chi connectivity index (χ0) is 12.8. The summed E-state index contributed by atoms with van der Waals surface area (Å²) >= 11 is 1.63. The van der Waals surface area contributed by atoms with Gasteiger partial charge in [-0.1, -0.05) is 38.5 Å². The number of hydrogen-bond donors (Lipinski definition) is 1. The highest BCUT2D eigenvalue weighted by molar-refractivity contribution is 7.15. The van der Waals surface area contributed by atoms with Gasteiger partial charge in [0.2, 0.25) is 0 Å². The Labute approximate surface area is 108 Å². The summed E-state index contributed by atoms with van der Waals surface area (Å²) in [6, 6.07) is 0. The third-order valence-corrected chi connectivity index (χ3v) is 4.27. The summed E-state index contributed by atoms with van der Waals surface area (Å²) < 4.78 is 0. The number of thiazole rings is 1. The van der Waals surface area contributed by atoms with E-state index in [0.29, 0.717) is 5.92 Å². The summed E-state index contributed by atoms with van der Waals surface area (Å²) in [6.07, 6.45) is 2.09. The fraction of sp³-hybridized carbons (Fsp3) is 0.769. The van der Waals surface area contributed by atoms with Crippen LogP contribution >= 0.6 is 11.3 Å². The van der Waals surface area contributed by atoms with Crippen molar-refractivity contribution in [2.24, 2.45) is 5.92 Å². The Morgan fingerprint density at radius 1 is 1.35 bits per heavy atom. The molecule has 0 amide bonds. The van der Waals surface area contributed by atoms with Crippen molar-refractivity contribution in [2.45, 2.75) is 47.1 Å². The maximum absolute atomic E-state index is 9.30. The molecular weight excluding hydrogens is 232 g/mol. The van der Waals surface area contributed by atoms with Crippen molar-refractivity contribution in [1.29, 1.82) is 0 Å². The lowest BCUT2D eigenvalue weighted by Crippen LogP contribution is -2.27.